The number of rotatable bonds is 2. The fourth-order valence-corrected chi connectivity index (χ4v) is 1.76. The van der Waals surface area contributed by atoms with Gasteiger partial charge in [-0.15, -0.1) is 12.4 Å². The zero-order chi connectivity index (χ0) is 9.10. The number of hydrogen-bond acceptors (Lipinski definition) is 3. The van der Waals surface area contributed by atoms with Gasteiger partial charge in [-0.1, -0.05) is 6.07 Å². The molecule has 1 saturated heterocycles. The highest BCUT2D eigenvalue weighted by atomic mass is 35.5. The van der Waals surface area contributed by atoms with E-state index in [1.54, 1.807) is 6.20 Å². The van der Waals surface area contributed by atoms with Crippen LogP contribution < -0.4 is 5.73 Å². The highest BCUT2D eigenvalue weighted by molar-refractivity contribution is 5.85. The highest BCUT2D eigenvalue weighted by Gasteiger charge is 2.18. The first-order chi connectivity index (χ1) is 6.34. The summed E-state index contributed by atoms with van der Waals surface area (Å²) in [5.41, 5.74) is 7.10. The second-order valence-corrected chi connectivity index (χ2v) is 3.65. The predicted octanol–water partition coefficient (Wildman–Crippen LogP) is 1.04. The van der Waals surface area contributed by atoms with Crippen LogP contribution in [0.4, 0.5) is 0 Å². The SMILES string of the molecule is Cl.N[C@@H]1CCN(Cc2cccnc2)C1. The standard InChI is InChI=1S/C10H15N3.ClH/c11-10-3-5-13(8-10)7-9-2-1-4-12-6-9;/h1-2,4,6,10H,3,5,7-8,11H2;1H/t10-;/m1./s1. The molecule has 0 aromatic carbocycles. The molecule has 2 N–H and O–H groups in total. The third-order valence-corrected chi connectivity index (χ3v) is 2.44. The zero-order valence-corrected chi connectivity index (χ0v) is 8.91. The molecule has 0 saturated carbocycles. The van der Waals surface area contributed by atoms with Crippen LogP contribution in [0.3, 0.4) is 0 Å². The van der Waals surface area contributed by atoms with Gasteiger partial charge in [-0.3, -0.25) is 9.88 Å². The molecule has 0 spiro atoms. The van der Waals surface area contributed by atoms with Crippen LogP contribution in [0.15, 0.2) is 24.5 Å². The summed E-state index contributed by atoms with van der Waals surface area (Å²) in [4.78, 5) is 6.46. The summed E-state index contributed by atoms with van der Waals surface area (Å²) < 4.78 is 0. The normalized spacial score (nSPS) is 21.9. The van der Waals surface area contributed by atoms with E-state index in [-0.39, 0.29) is 12.4 Å². The molecule has 1 aromatic heterocycles. The first kappa shape index (κ1) is 11.4. The van der Waals surface area contributed by atoms with Crippen molar-refractivity contribution >= 4 is 12.4 Å². The first-order valence-corrected chi connectivity index (χ1v) is 4.71. The second kappa shape index (κ2) is 5.29. The van der Waals surface area contributed by atoms with Gasteiger partial charge in [0.05, 0.1) is 0 Å². The van der Waals surface area contributed by atoms with Crippen LogP contribution in [-0.2, 0) is 6.54 Å². The Morgan fingerprint density at radius 3 is 3.00 bits per heavy atom. The quantitative estimate of drug-likeness (QED) is 0.798. The van der Waals surface area contributed by atoms with Gasteiger partial charge in [-0.2, -0.15) is 0 Å². The molecule has 0 bridgehead atoms. The van der Waals surface area contributed by atoms with Gasteiger partial charge in [-0.05, 0) is 18.1 Å². The largest absolute Gasteiger partial charge is 0.326 e. The lowest BCUT2D eigenvalue weighted by molar-refractivity contribution is 0.326. The van der Waals surface area contributed by atoms with E-state index in [1.807, 2.05) is 12.3 Å². The third kappa shape index (κ3) is 2.94. The Kier molecular flexibility index (Phi) is 4.32. The number of hydrogen-bond donors (Lipinski definition) is 1. The Morgan fingerprint density at radius 2 is 2.43 bits per heavy atom. The molecule has 78 valence electrons. The molecule has 0 unspecified atom stereocenters. The maximum atomic E-state index is 5.82. The number of halogens is 1. The Labute approximate surface area is 90.7 Å². The number of pyridine rings is 1. The van der Waals surface area contributed by atoms with E-state index >= 15 is 0 Å². The van der Waals surface area contributed by atoms with Gasteiger partial charge in [0.15, 0.2) is 0 Å². The van der Waals surface area contributed by atoms with Crippen molar-refractivity contribution in [3.8, 4) is 0 Å². The summed E-state index contributed by atoms with van der Waals surface area (Å²) in [6, 6.07) is 4.46. The molecule has 1 aliphatic heterocycles. The topological polar surface area (TPSA) is 42.1 Å². The Balaban J connectivity index is 0.000000980. The van der Waals surface area contributed by atoms with E-state index in [1.165, 1.54) is 5.56 Å². The van der Waals surface area contributed by atoms with E-state index in [2.05, 4.69) is 16.0 Å². The lowest BCUT2D eigenvalue weighted by Gasteiger charge is -2.14. The van der Waals surface area contributed by atoms with Gasteiger partial charge in [0, 0.05) is 38.1 Å². The average molecular weight is 214 g/mol. The average Bonchev–Trinajstić information content (AvgIpc) is 2.53. The van der Waals surface area contributed by atoms with Crippen LogP contribution in [0.2, 0.25) is 0 Å². The molecular formula is C10H16ClN3. The van der Waals surface area contributed by atoms with Crippen molar-refractivity contribution in [2.75, 3.05) is 13.1 Å². The van der Waals surface area contributed by atoms with Gasteiger partial charge in [0.1, 0.15) is 0 Å². The van der Waals surface area contributed by atoms with Gasteiger partial charge in [0.25, 0.3) is 0 Å². The number of nitrogens with two attached hydrogens (primary N) is 1. The van der Waals surface area contributed by atoms with Gasteiger partial charge in [0.2, 0.25) is 0 Å². The lowest BCUT2D eigenvalue weighted by atomic mass is 10.3. The summed E-state index contributed by atoms with van der Waals surface area (Å²) in [7, 11) is 0. The molecule has 1 fully saturated rings. The van der Waals surface area contributed by atoms with Crippen LogP contribution in [0.5, 0.6) is 0 Å². The van der Waals surface area contributed by atoms with Crippen molar-refractivity contribution in [2.24, 2.45) is 5.73 Å². The minimum atomic E-state index is 0. The van der Waals surface area contributed by atoms with Crippen LogP contribution in [-0.4, -0.2) is 29.0 Å². The molecule has 1 atom stereocenters. The fraction of sp³-hybridized carbons (Fsp3) is 0.500. The van der Waals surface area contributed by atoms with Gasteiger partial charge >= 0.3 is 0 Å². The monoisotopic (exact) mass is 213 g/mol. The molecule has 2 heterocycles. The maximum Gasteiger partial charge on any atom is 0.0312 e. The van der Waals surface area contributed by atoms with Crippen LogP contribution in [0.1, 0.15) is 12.0 Å². The fourth-order valence-electron chi connectivity index (χ4n) is 1.76. The summed E-state index contributed by atoms with van der Waals surface area (Å²) in [5, 5.41) is 0. The lowest BCUT2D eigenvalue weighted by Crippen LogP contribution is -2.26. The smallest absolute Gasteiger partial charge is 0.0312 e. The van der Waals surface area contributed by atoms with Crippen molar-refractivity contribution in [1.82, 2.24) is 9.88 Å². The number of likely N-dealkylation sites (tertiary alicyclic amines) is 1. The molecule has 0 amide bonds. The highest BCUT2D eigenvalue weighted by Crippen LogP contribution is 2.10. The van der Waals surface area contributed by atoms with Crippen LogP contribution in [0.25, 0.3) is 0 Å². The Morgan fingerprint density at radius 1 is 1.57 bits per heavy atom. The third-order valence-electron chi connectivity index (χ3n) is 2.44. The maximum absolute atomic E-state index is 5.82. The van der Waals surface area contributed by atoms with Gasteiger partial charge in [-0.25, -0.2) is 0 Å². The minimum absolute atomic E-state index is 0. The van der Waals surface area contributed by atoms with Crippen molar-refractivity contribution in [3.05, 3.63) is 30.1 Å². The summed E-state index contributed by atoms with van der Waals surface area (Å²) in [6.45, 7) is 3.13. The summed E-state index contributed by atoms with van der Waals surface area (Å²) >= 11 is 0. The Bertz CT molecular complexity index is 265. The van der Waals surface area contributed by atoms with Crippen molar-refractivity contribution in [2.45, 2.75) is 19.0 Å². The molecule has 14 heavy (non-hydrogen) atoms. The number of nitrogens with zero attached hydrogens (tertiary/aromatic N) is 2. The van der Waals surface area contributed by atoms with E-state index in [4.69, 9.17) is 5.73 Å². The molecule has 3 nitrogen and oxygen atoms in total. The molecule has 1 aromatic rings. The molecule has 0 aliphatic carbocycles. The van der Waals surface area contributed by atoms with Crippen LogP contribution in [0, 0.1) is 0 Å². The minimum Gasteiger partial charge on any atom is -0.326 e. The van der Waals surface area contributed by atoms with E-state index < -0.39 is 0 Å². The summed E-state index contributed by atoms with van der Waals surface area (Å²) in [5.74, 6) is 0. The molecule has 2 rings (SSSR count). The van der Waals surface area contributed by atoms with Crippen molar-refractivity contribution in [3.63, 3.8) is 0 Å². The van der Waals surface area contributed by atoms with Crippen molar-refractivity contribution < 1.29 is 0 Å². The Hall–Kier alpha value is -0.640. The molecule has 1 aliphatic rings. The number of aromatic nitrogens is 1. The van der Waals surface area contributed by atoms with E-state index in [0.29, 0.717) is 6.04 Å². The molecular weight excluding hydrogens is 198 g/mol. The van der Waals surface area contributed by atoms with E-state index in [0.717, 1.165) is 26.1 Å². The van der Waals surface area contributed by atoms with Gasteiger partial charge < -0.3 is 5.73 Å². The first-order valence-electron chi connectivity index (χ1n) is 4.71. The van der Waals surface area contributed by atoms with Crippen LogP contribution >= 0.6 is 12.4 Å². The zero-order valence-electron chi connectivity index (χ0n) is 8.10. The van der Waals surface area contributed by atoms with Crippen molar-refractivity contribution in [1.29, 1.82) is 0 Å². The molecule has 4 heteroatoms. The predicted molar refractivity (Wildman–Crippen MR) is 59.4 cm³/mol. The van der Waals surface area contributed by atoms with E-state index in [9.17, 15) is 0 Å². The second-order valence-electron chi connectivity index (χ2n) is 3.65. The molecule has 0 radical (unpaired) electrons. The summed E-state index contributed by atoms with van der Waals surface area (Å²) in [6.07, 6.45) is 4.85.